The van der Waals surface area contributed by atoms with Crippen molar-refractivity contribution in [2.75, 3.05) is 12.8 Å². The fraction of sp³-hybridized carbons (Fsp3) is 0.235. The molecule has 8 heteroatoms. The zero-order chi connectivity index (χ0) is 18.7. The third-order valence-corrected chi connectivity index (χ3v) is 7.41. The maximum absolute atomic E-state index is 12.9. The number of sulfone groups is 1. The van der Waals surface area contributed by atoms with E-state index in [0.29, 0.717) is 10.6 Å². The maximum Gasteiger partial charge on any atom is 0.350 e. The zero-order valence-corrected chi connectivity index (χ0v) is 15.4. The van der Waals surface area contributed by atoms with Gasteiger partial charge in [0.1, 0.15) is 5.25 Å². The first kappa shape index (κ1) is 19.3. The Kier molecular flexibility index (Phi) is 5.76. The number of hydrogen-bond donors (Lipinski definition) is 2. The highest BCUT2D eigenvalue weighted by molar-refractivity contribution is 8.02. The van der Waals surface area contributed by atoms with Gasteiger partial charge < -0.3 is 15.6 Å². The molecule has 0 spiro atoms. The van der Waals surface area contributed by atoms with E-state index >= 15 is 0 Å². The second kappa shape index (κ2) is 7.47. The van der Waals surface area contributed by atoms with E-state index in [-0.39, 0.29) is 4.90 Å². The average Bonchev–Trinajstić information content (AvgIpc) is 2.61. The van der Waals surface area contributed by atoms with Gasteiger partial charge in [-0.25, -0.2) is 13.2 Å². The summed E-state index contributed by atoms with van der Waals surface area (Å²) in [6, 6.07) is 14.1. The molecule has 0 saturated carbocycles. The van der Waals surface area contributed by atoms with Gasteiger partial charge in [0.05, 0.1) is 12.0 Å². The van der Waals surface area contributed by atoms with Gasteiger partial charge in [0.25, 0.3) is 0 Å². The largest absolute Gasteiger partial charge is 0.466 e. The molecule has 0 heterocycles. The molecule has 0 aliphatic heterocycles. The number of esters is 1. The van der Waals surface area contributed by atoms with Crippen molar-refractivity contribution in [3.8, 4) is 0 Å². The molecule has 2 rings (SSSR count). The lowest BCUT2D eigenvalue weighted by Gasteiger charge is -2.30. The topological polar surface area (TPSA) is 107 Å². The molecule has 0 fully saturated rings. The number of carbonyl (C=O) groups is 1. The van der Waals surface area contributed by atoms with Crippen LogP contribution < -0.4 is 5.73 Å². The van der Waals surface area contributed by atoms with E-state index in [1.165, 1.54) is 31.2 Å². The van der Waals surface area contributed by atoms with Gasteiger partial charge in [-0.15, -0.1) is 0 Å². The highest BCUT2D eigenvalue weighted by Crippen LogP contribution is 2.39. The van der Waals surface area contributed by atoms with Gasteiger partial charge in [-0.3, -0.25) is 0 Å². The van der Waals surface area contributed by atoms with Gasteiger partial charge in [-0.1, -0.05) is 30.0 Å². The van der Waals surface area contributed by atoms with Crippen molar-refractivity contribution in [3.63, 3.8) is 0 Å². The van der Waals surface area contributed by atoms with Crippen molar-refractivity contribution in [2.45, 2.75) is 26.9 Å². The molecule has 25 heavy (non-hydrogen) atoms. The second-order valence-electron chi connectivity index (χ2n) is 5.36. The molecule has 6 nitrogen and oxygen atoms in total. The predicted octanol–water partition coefficient (Wildman–Crippen LogP) is 2.08. The summed E-state index contributed by atoms with van der Waals surface area (Å²) in [5.41, 5.74) is 5.99. The van der Waals surface area contributed by atoms with E-state index < -0.39 is 26.0 Å². The van der Waals surface area contributed by atoms with Crippen LogP contribution in [0.25, 0.3) is 0 Å². The summed E-state index contributed by atoms with van der Waals surface area (Å²) in [6.07, 6.45) is 0. The van der Waals surface area contributed by atoms with Crippen molar-refractivity contribution in [3.05, 3.63) is 54.6 Å². The minimum Gasteiger partial charge on any atom is -0.466 e. The van der Waals surface area contributed by atoms with Crippen LogP contribution in [0.5, 0.6) is 0 Å². The standard InChI is InChI=1S/C17H19NO5S2/c1-12(25(21,22)15-10-8-13(18)9-11-15)17(20,16(19)23-2)24-14-6-4-3-5-7-14/h3-12,20H,18H2,1-2H3. The number of rotatable bonds is 6. The number of thioether (sulfide) groups is 1. The van der Waals surface area contributed by atoms with Gasteiger partial charge in [0.2, 0.25) is 4.93 Å². The van der Waals surface area contributed by atoms with E-state index in [1.807, 2.05) is 0 Å². The molecule has 2 aromatic carbocycles. The lowest BCUT2D eigenvalue weighted by atomic mass is 10.2. The molecule has 0 bridgehead atoms. The summed E-state index contributed by atoms with van der Waals surface area (Å²) in [7, 11) is -2.92. The Morgan fingerprint density at radius 1 is 1.16 bits per heavy atom. The van der Waals surface area contributed by atoms with Gasteiger partial charge in [-0.2, -0.15) is 0 Å². The zero-order valence-electron chi connectivity index (χ0n) is 13.7. The van der Waals surface area contributed by atoms with E-state index in [0.717, 1.165) is 18.9 Å². The number of anilines is 1. The number of aliphatic hydroxyl groups is 1. The summed E-state index contributed by atoms with van der Waals surface area (Å²) in [6.45, 7) is 1.28. The van der Waals surface area contributed by atoms with Crippen LogP contribution in [0.2, 0.25) is 0 Å². The van der Waals surface area contributed by atoms with Crippen molar-refractivity contribution in [2.24, 2.45) is 0 Å². The monoisotopic (exact) mass is 381 g/mol. The Hall–Kier alpha value is -2.03. The molecular formula is C17H19NO5S2. The van der Waals surface area contributed by atoms with E-state index in [1.54, 1.807) is 30.3 Å². The van der Waals surface area contributed by atoms with Crippen molar-refractivity contribution in [1.29, 1.82) is 0 Å². The molecule has 0 aliphatic rings. The number of methoxy groups -OCH3 is 1. The van der Waals surface area contributed by atoms with Crippen molar-refractivity contribution < 1.29 is 23.1 Å². The molecule has 0 aliphatic carbocycles. The Balaban J connectivity index is 2.46. The first-order valence-corrected chi connectivity index (χ1v) is 9.72. The fourth-order valence-electron chi connectivity index (χ4n) is 2.18. The third kappa shape index (κ3) is 3.97. The van der Waals surface area contributed by atoms with Gasteiger partial charge in [-0.05, 0) is 43.3 Å². The number of nitrogens with two attached hydrogens (primary N) is 1. The van der Waals surface area contributed by atoms with Crippen molar-refractivity contribution in [1.82, 2.24) is 0 Å². The first-order valence-electron chi connectivity index (χ1n) is 7.36. The van der Waals surface area contributed by atoms with Gasteiger partial charge >= 0.3 is 5.97 Å². The third-order valence-electron chi connectivity index (χ3n) is 3.72. The van der Waals surface area contributed by atoms with Crippen LogP contribution in [-0.2, 0) is 19.4 Å². The SMILES string of the molecule is COC(=O)C(O)(Sc1ccccc1)C(C)S(=O)(=O)c1ccc(N)cc1. The predicted molar refractivity (Wildman–Crippen MR) is 96.8 cm³/mol. The molecule has 0 amide bonds. The Morgan fingerprint density at radius 2 is 1.72 bits per heavy atom. The minimum absolute atomic E-state index is 0.0369. The molecule has 0 aromatic heterocycles. The summed E-state index contributed by atoms with van der Waals surface area (Å²) >= 11 is 0.734. The molecule has 2 unspecified atom stereocenters. The fourth-order valence-corrected chi connectivity index (χ4v) is 5.13. The highest BCUT2D eigenvalue weighted by atomic mass is 32.2. The van der Waals surface area contributed by atoms with Crippen LogP contribution in [0.4, 0.5) is 5.69 Å². The van der Waals surface area contributed by atoms with Crippen LogP contribution in [0.1, 0.15) is 6.92 Å². The number of carbonyl (C=O) groups excluding carboxylic acids is 1. The van der Waals surface area contributed by atoms with Crippen LogP contribution in [0.3, 0.4) is 0 Å². The number of hydrogen-bond acceptors (Lipinski definition) is 7. The van der Waals surface area contributed by atoms with Crippen LogP contribution in [0.15, 0.2) is 64.4 Å². The smallest absolute Gasteiger partial charge is 0.350 e. The maximum atomic E-state index is 12.9. The molecule has 134 valence electrons. The molecule has 0 saturated heterocycles. The first-order chi connectivity index (χ1) is 11.7. The van der Waals surface area contributed by atoms with Crippen LogP contribution in [0, 0.1) is 0 Å². The van der Waals surface area contributed by atoms with Gasteiger partial charge in [0, 0.05) is 10.6 Å². The van der Waals surface area contributed by atoms with Crippen molar-refractivity contribution >= 4 is 33.3 Å². The number of nitrogen functional groups attached to an aromatic ring is 1. The van der Waals surface area contributed by atoms with E-state index in [2.05, 4.69) is 4.74 Å². The molecule has 2 aromatic rings. The molecule has 3 N–H and O–H groups in total. The molecule has 0 radical (unpaired) electrons. The van der Waals surface area contributed by atoms with Gasteiger partial charge in [0.15, 0.2) is 9.84 Å². The second-order valence-corrected chi connectivity index (χ2v) is 8.93. The summed E-state index contributed by atoms with van der Waals surface area (Å²) in [4.78, 5) is 10.4. The lowest BCUT2D eigenvalue weighted by Crippen LogP contribution is -2.49. The quantitative estimate of drug-likeness (QED) is 0.341. The number of ether oxygens (including phenoxy) is 1. The van der Waals surface area contributed by atoms with Crippen LogP contribution in [-0.4, -0.2) is 36.8 Å². The number of benzene rings is 2. The Bertz CT molecular complexity index is 837. The lowest BCUT2D eigenvalue weighted by molar-refractivity contribution is -0.153. The van der Waals surface area contributed by atoms with Crippen LogP contribution >= 0.6 is 11.8 Å². The minimum atomic E-state index is -4.02. The Labute approximate surface area is 150 Å². The summed E-state index contributed by atoms with van der Waals surface area (Å²) < 4.78 is 30.4. The molecule has 2 atom stereocenters. The summed E-state index contributed by atoms with van der Waals surface area (Å²) in [5.74, 6) is -1.03. The highest BCUT2D eigenvalue weighted by Gasteiger charge is 2.50. The average molecular weight is 381 g/mol. The van der Waals surface area contributed by atoms with E-state index in [9.17, 15) is 18.3 Å². The summed E-state index contributed by atoms with van der Waals surface area (Å²) in [5, 5.41) is 9.48. The van der Waals surface area contributed by atoms with E-state index in [4.69, 9.17) is 5.73 Å². The Morgan fingerprint density at radius 3 is 2.24 bits per heavy atom. The normalized spacial score (nSPS) is 15.2. The molecular weight excluding hydrogens is 362 g/mol.